The van der Waals surface area contributed by atoms with Gasteiger partial charge in [0.1, 0.15) is 54.9 Å². The molecule has 4 aromatic carbocycles. The summed E-state index contributed by atoms with van der Waals surface area (Å²) in [6, 6.07) is 27.0. The summed E-state index contributed by atoms with van der Waals surface area (Å²) in [5, 5.41) is 152. The van der Waals surface area contributed by atoms with Crippen LogP contribution in [0.15, 0.2) is 128 Å². The molecule has 5 atom stereocenters. The van der Waals surface area contributed by atoms with Crippen LogP contribution in [-0.2, 0) is 122 Å². The first-order chi connectivity index (χ1) is 60.8. The van der Waals surface area contributed by atoms with Crippen molar-refractivity contribution in [2.24, 2.45) is 17.8 Å². The predicted octanol–water partition coefficient (Wildman–Crippen LogP) is 9.11. The third-order valence-corrected chi connectivity index (χ3v) is 18.6. The Morgan fingerprint density at radius 2 is 0.715 bits per heavy atom. The zero-order valence-electron chi connectivity index (χ0n) is 70.1. The van der Waals surface area contributed by atoms with Gasteiger partial charge in [-0.2, -0.15) is 8.78 Å². The van der Waals surface area contributed by atoms with Gasteiger partial charge >= 0.3 is 114 Å². The van der Waals surface area contributed by atoms with Crippen molar-refractivity contribution in [3.05, 3.63) is 150 Å². The van der Waals surface area contributed by atoms with E-state index >= 15 is 0 Å². The van der Waals surface area contributed by atoms with E-state index in [9.17, 15) is 120 Å². The fourth-order valence-electron chi connectivity index (χ4n) is 9.15. The molecule has 722 valence electrons. The van der Waals surface area contributed by atoms with Crippen molar-refractivity contribution in [2.75, 3.05) is 11.5 Å². The molecule has 4 amide bonds. The maximum atomic E-state index is 12.6. The summed E-state index contributed by atoms with van der Waals surface area (Å²) in [4.78, 5) is 214. The second kappa shape index (κ2) is 72.3. The Kier molecular flexibility index (Phi) is 68.2. The lowest BCUT2D eigenvalue weighted by Gasteiger charge is -2.21. The molecule has 0 radical (unpaired) electrons. The molecule has 0 heterocycles. The van der Waals surface area contributed by atoms with Gasteiger partial charge in [-0.15, -0.1) is 18.2 Å². The number of benzene rings is 4. The molecule has 0 aliphatic rings. The van der Waals surface area contributed by atoms with E-state index in [0.29, 0.717) is 29.5 Å². The van der Waals surface area contributed by atoms with Crippen molar-refractivity contribution in [1.82, 2.24) is 21.3 Å². The summed E-state index contributed by atoms with van der Waals surface area (Å²) < 4.78 is 33.8. The molecule has 0 saturated carbocycles. The number of halogens is 3. The zero-order valence-corrected chi connectivity index (χ0v) is 72.5. The van der Waals surface area contributed by atoms with E-state index in [1.165, 1.54) is 30.3 Å². The SMILES string of the molecule is C=CCC(C(=O)O)C(=O)O.CC(C)C(C(=O)O)C(=O)O.O=C(O)CC(F)(F)C(=O)O.O=C(O)CCCCCCCCC(=O)O.O=C(O)CCCSSCCCC(=O)O.O=C(O)CC[C@H](NC(=O)OCc1ccccc1)C(=O)N[C@@H](Cc1ccc(O)cc1)C(=O)O.O=C(O)CC[C@H](NC(=O)OCc1ccccc1)C(=O)N[C@@H](Cc1ccccc1)C(=O)O.O=C(O)C[C@@H](Cl)C(=O)O. The largest absolute Gasteiger partial charge is 0.508 e. The molecule has 0 aliphatic carbocycles. The minimum absolute atomic E-state index is 0.0108. The van der Waals surface area contributed by atoms with Crippen LogP contribution in [0.1, 0.15) is 158 Å². The van der Waals surface area contributed by atoms with Gasteiger partial charge in [-0.1, -0.05) is 170 Å². The molecule has 21 N–H and O–H groups in total. The number of amides is 4. The van der Waals surface area contributed by atoms with Crippen LogP contribution in [0.2, 0.25) is 0 Å². The molecule has 0 spiro atoms. The van der Waals surface area contributed by atoms with Gasteiger partial charge < -0.3 is 118 Å². The van der Waals surface area contributed by atoms with Crippen LogP contribution in [0.4, 0.5) is 18.4 Å². The average Bonchev–Trinajstić information content (AvgIpc) is 0.879. The van der Waals surface area contributed by atoms with E-state index in [4.69, 9.17) is 92.6 Å². The molecule has 130 heavy (non-hydrogen) atoms. The first-order valence-corrected chi connectivity index (χ1v) is 41.5. The zero-order chi connectivity index (χ0) is 100. The number of nitrogens with one attached hydrogen (secondary N) is 4. The normalized spacial score (nSPS) is 11.3. The number of aliphatic carboxylic acids is 16. The number of phenols is 1. The monoisotopic (exact) mass is 1910 g/mol. The number of phenolic OH excluding ortho intramolecular Hbond substituents is 1. The molecule has 0 saturated heterocycles. The lowest BCUT2D eigenvalue weighted by molar-refractivity contribution is -0.171. The highest BCUT2D eigenvalue weighted by Crippen LogP contribution is 2.24. The van der Waals surface area contributed by atoms with Crippen molar-refractivity contribution in [3.63, 3.8) is 0 Å². The summed E-state index contributed by atoms with van der Waals surface area (Å²) in [5.41, 5.74) is 2.70. The Labute approximate surface area is 754 Å². The van der Waals surface area contributed by atoms with Crippen molar-refractivity contribution in [2.45, 2.75) is 197 Å². The molecule has 4 rings (SSSR count). The number of carbonyl (C=O) groups is 20. The van der Waals surface area contributed by atoms with E-state index in [-0.39, 0.29) is 82.7 Å². The van der Waals surface area contributed by atoms with Gasteiger partial charge in [-0.25, -0.2) is 24.0 Å². The van der Waals surface area contributed by atoms with Gasteiger partial charge in [0.25, 0.3) is 0 Å². The van der Waals surface area contributed by atoms with Crippen molar-refractivity contribution < 1.29 is 201 Å². The first kappa shape index (κ1) is 123. The lowest BCUT2D eigenvalue weighted by atomic mass is 9.97. The Morgan fingerprint density at radius 1 is 0.392 bits per heavy atom. The van der Waals surface area contributed by atoms with Crippen molar-refractivity contribution in [1.29, 1.82) is 0 Å². The van der Waals surface area contributed by atoms with Crippen LogP contribution in [0.5, 0.6) is 5.75 Å². The standard InChI is InChI=1S/C22H24N2O8.C22H24N2O7.C10H18O4.C8H14O4S2.C6H10O4.C6H8O4.C4H5ClO4.C4H4F2O4/c25-16-8-6-14(7-9-16)12-18(21(29)30)23-20(28)17(10-11-19(26)27)24-22(31)32-13-15-4-2-1-3-5-15;25-19(26)12-11-17(24-22(30)31-14-16-9-5-2-6-10-16)20(27)23-18(21(28)29)13-15-7-3-1-4-8-15;11-9(12)7-5-3-1-2-4-6-8-10(13)14;9-7(10)3-1-5-13-14-6-2-4-8(11)12;1-3(2)4(5(7)8)6(9)10;1-2-3-4(5(7)8)6(9)10;5-2(4(8)9)1-3(6)7;5-4(6,3(9)10)1-2(7)8/h1-9,17-18,25H,10-13H2,(H,23,28)(H,24,31)(H,26,27)(H,29,30);1-10,17-18H,11-14H2,(H,23,27)(H,24,30)(H,25,26)(H,28,29);1-8H2,(H,11,12)(H,13,14);1-6H2,(H,9,10)(H,11,12);3-4H,1-2H3,(H,7,8)(H,9,10);2,4H,1,3H2,(H,7,8)(H,9,10);2H,1H2,(H,6,7)(H,8,9);1H2,(H,7,8)(H,9,10)/t2*17-,18-;;;;;2-;/m00....1./s1. The van der Waals surface area contributed by atoms with Crippen LogP contribution < -0.4 is 21.3 Å². The van der Waals surface area contributed by atoms with Gasteiger partial charge in [0.2, 0.25) is 11.8 Å². The first-order valence-electron chi connectivity index (χ1n) is 38.6. The number of hydrogen-bond donors (Lipinski definition) is 21. The van der Waals surface area contributed by atoms with Gasteiger partial charge in [-0.05, 0) is 85.3 Å². The maximum Gasteiger partial charge on any atom is 0.408 e. The minimum Gasteiger partial charge on any atom is -0.508 e. The Hall–Kier alpha value is -13.7. The minimum atomic E-state index is -4.16. The highest BCUT2D eigenvalue weighted by Gasteiger charge is 2.41. The van der Waals surface area contributed by atoms with Crippen molar-refractivity contribution in [3.8, 4) is 5.75 Å². The number of alkyl carbamates (subject to hydrolysis) is 2. The molecule has 0 aromatic heterocycles. The van der Waals surface area contributed by atoms with E-state index < -0.39 is 192 Å². The molecule has 0 fully saturated rings. The maximum absolute atomic E-state index is 12.6. The molecule has 0 aliphatic heterocycles. The molecule has 43 nitrogen and oxygen atoms in total. The van der Waals surface area contributed by atoms with Crippen LogP contribution >= 0.6 is 33.2 Å². The Balaban J connectivity index is -0.000000740. The molecule has 0 unspecified atom stereocenters. The predicted molar refractivity (Wildman–Crippen MR) is 454 cm³/mol. The second-order valence-electron chi connectivity index (χ2n) is 26.9. The number of carboxylic acid groups (broad SMARTS) is 16. The highest BCUT2D eigenvalue weighted by molar-refractivity contribution is 8.76. The summed E-state index contributed by atoms with van der Waals surface area (Å²) in [6.07, 6.45) is 3.41. The summed E-state index contributed by atoms with van der Waals surface area (Å²) in [5.74, 6) is -27.1. The Morgan fingerprint density at radius 3 is 0.962 bits per heavy atom. The smallest absolute Gasteiger partial charge is 0.408 e. The highest BCUT2D eigenvalue weighted by atomic mass is 35.5. The van der Waals surface area contributed by atoms with E-state index in [1.807, 2.05) is 6.07 Å². The van der Waals surface area contributed by atoms with Crippen LogP contribution in [0.25, 0.3) is 0 Å². The quantitative estimate of drug-likeness (QED) is 0.00644. The fraction of sp³-hybridized carbons (Fsp3) is 0.439. The number of hydrogen-bond acceptors (Lipinski definition) is 25. The van der Waals surface area contributed by atoms with Gasteiger partial charge in [-0.3, -0.25) is 71.9 Å². The number of ether oxygens (including phenoxy) is 2. The molecule has 48 heteroatoms. The molecule has 0 bridgehead atoms. The molecule has 4 aromatic rings. The number of carboxylic acids is 16. The molecular formula is C82H107ClF2N4O39S2. The Bertz CT molecular complexity index is 4110. The molecular weight excluding hydrogens is 1800 g/mol. The van der Waals surface area contributed by atoms with Gasteiger partial charge in [0, 0.05) is 62.9 Å². The van der Waals surface area contributed by atoms with Crippen LogP contribution in [0.3, 0.4) is 0 Å². The lowest BCUT2D eigenvalue weighted by Crippen LogP contribution is -2.52. The fourth-order valence-corrected chi connectivity index (χ4v) is 11.5. The van der Waals surface area contributed by atoms with Crippen LogP contribution in [-0.4, -0.2) is 253 Å². The summed E-state index contributed by atoms with van der Waals surface area (Å²) in [6.45, 7) is 6.27. The van der Waals surface area contributed by atoms with Gasteiger partial charge in [0.05, 0.1) is 6.42 Å². The number of allylic oxidation sites excluding steroid dienone is 1. The third kappa shape index (κ3) is 70.4. The van der Waals surface area contributed by atoms with Crippen LogP contribution in [0, 0.1) is 17.8 Å². The number of unbranched alkanes of at least 4 members (excludes halogenated alkanes) is 5. The number of carbonyl (C=O) groups excluding carboxylic acids is 4. The third-order valence-electron chi connectivity index (χ3n) is 15.7. The van der Waals surface area contributed by atoms with E-state index in [0.717, 1.165) is 55.6 Å². The number of aromatic hydroxyl groups is 1. The summed E-state index contributed by atoms with van der Waals surface area (Å²) in [7, 11) is 3.21. The van der Waals surface area contributed by atoms with E-state index in [2.05, 4.69) is 27.8 Å². The topological polar surface area (TPSA) is 752 Å². The van der Waals surface area contributed by atoms with Gasteiger partial charge in [0.15, 0.2) is 11.8 Å². The number of rotatable bonds is 53. The average molecular weight is 1910 g/mol. The van der Waals surface area contributed by atoms with Crippen molar-refractivity contribution >= 4 is 153 Å². The number of alkyl halides is 3. The second-order valence-corrected chi connectivity index (χ2v) is 30.2. The summed E-state index contributed by atoms with van der Waals surface area (Å²) >= 11 is 5.03. The van der Waals surface area contributed by atoms with E-state index in [1.54, 1.807) is 120 Å².